The number of carbonyl (C=O) groups is 2. The predicted molar refractivity (Wildman–Crippen MR) is 123 cm³/mol. The van der Waals surface area contributed by atoms with Gasteiger partial charge in [0.15, 0.2) is 5.78 Å². The Kier molecular flexibility index (Phi) is 4.42. The summed E-state index contributed by atoms with van der Waals surface area (Å²) in [5.41, 5.74) is -0.678. The predicted octanol–water partition coefficient (Wildman–Crippen LogP) is 4.30. The van der Waals surface area contributed by atoms with Crippen LogP contribution >= 0.6 is 0 Å². The minimum atomic E-state index is -0.965. The van der Waals surface area contributed by atoms with Crippen LogP contribution in [0.5, 0.6) is 0 Å². The number of allylic oxidation sites excluding steroid dienone is 2. The molecule has 178 valence electrons. The number of hydrogen-bond donors (Lipinski definition) is 1. The summed E-state index contributed by atoms with van der Waals surface area (Å²) in [5.74, 6) is 1.15. The third kappa shape index (κ3) is 2.61. The number of carbonyl (C=O) groups excluding carboxylic acids is 2. The third-order valence-electron chi connectivity index (χ3n) is 11.0. The monoisotopic (exact) mass is 452 g/mol. The highest BCUT2D eigenvalue weighted by molar-refractivity contribution is 5.99. The van der Waals surface area contributed by atoms with Crippen molar-refractivity contribution in [1.82, 2.24) is 0 Å². The Morgan fingerprint density at radius 2 is 1.85 bits per heavy atom. The fraction of sp³-hybridized carbons (Fsp3) is 0.714. The minimum absolute atomic E-state index is 0.0552. The first-order valence-corrected chi connectivity index (χ1v) is 12.7. The van der Waals surface area contributed by atoms with Gasteiger partial charge in [0.2, 0.25) is 0 Å². The van der Waals surface area contributed by atoms with E-state index in [-0.39, 0.29) is 29.2 Å². The molecule has 2 saturated heterocycles. The molecule has 6 rings (SSSR count). The SMILES string of the molecule is C=C1C(=O)O[C@@H]2C[C@@]1(C)OC[C@H]2[C@H]1CC[C@H]2[C@@H]3CC[C@]4(O)CC=CC(=O)[C@]4(C)C3=CC[C@]12C. The number of fused-ring (bicyclic) bond motifs is 7. The summed E-state index contributed by atoms with van der Waals surface area (Å²) in [5, 5.41) is 11.5. The third-order valence-corrected chi connectivity index (χ3v) is 11.0. The molecule has 0 aromatic carbocycles. The molecule has 5 heteroatoms. The molecule has 0 aromatic heterocycles. The second kappa shape index (κ2) is 6.69. The number of ketones is 1. The van der Waals surface area contributed by atoms with Gasteiger partial charge in [-0.15, -0.1) is 0 Å². The second-order valence-corrected chi connectivity index (χ2v) is 12.3. The van der Waals surface area contributed by atoms with E-state index in [0.29, 0.717) is 49.2 Å². The average molecular weight is 453 g/mol. The number of ether oxygens (including phenoxy) is 2. The molecule has 2 heterocycles. The van der Waals surface area contributed by atoms with Crippen LogP contribution in [0.25, 0.3) is 0 Å². The topological polar surface area (TPSA) is 72.8 Å². The van der Waals surface area contributed by atoms with E-state index in [1.54, 1.807) is 6.08 Å². The molecule has 4 fully saturated rings. The highest BCUT2D eigenvalue weighted by atomic mass is 16.6. The van der Waals surface area contributed by atoms with Gasteiger partial charge in [0.05, 0.1) is 23.2 Å². The summed E-state index contributed by atoms with van der Waals surface area (Å²) in [6.45, 7) is 10.9. The fourth-order valence-corrected chi connectivity index (χ4v) is 8.83. The molecule has 4 aliphatic carbocycles. The van der Waals surface area contributed by atoms with E-state index in [1.165, 1.54) is 5.57 Å². The zero-order valence-electron chi connectivity index (χ0n) is 20.1. The largest absolute Gasteiger partial charge is 0.458 e. The van der Waals surface area contributed by atoms with Crippen molar-refractivity contribution in [2.24, 2.45) is 34.5 Å². The number of hydrogen-bond acceptors (Lipinski definition) is 5. The molecule has 0 unspecified atom stereocenters. The van der Waals surface area contributed by atoms with E-state index in [2.05, 4.69) is 19.6 Å². The van der Waals surface area contributed by atoms with Crippen LogP contribution in [-0.4, -0.2) is 40.8 Å². The van der Waals surface area contributed by atoms with Crippen LogP contribution < -0.4 is 0 Å². The van der Waals surface area contributed by atoms with Crippen molar-refractivity contribution in [2.45, 2.75) is 83.0 Å². The summed E-state index contributed by atoms with van der Waals surface area (Å²) in [7, 11) is 0. The lowest BCUT2D eigenvalue weighted by atomic mass is 9.47. The van der Waals surface area contributed by atoms with Gasteiger partial charge in [-0.25, -0.2) is 4.79 Å². The average Bonchev–Trinajstić information content (AvgIpc) is 3.11. The van der Waals surface area contributed by atoms with Crippen LogP contribution in [0.2, 0.25) is 0 Å². The fourth-order valence-electron chi connectivity index (χ4n) is 8.83. The smallest absolute Gasteiger partial charge is 0.336 e. The van der Waals surface area contributed by atoms with Crippen LogP contribution in [0.3, 0.4) is 0 Å². The lowest BCUT2D eigenvalue weighted by molar-refractivity contribution is -0.198. The molecule has 0 radical (unpaired) electrons. The Labute approximate surface area is 196 Å². The molecule has 2 bridgehead atoms. The molecular weight excluding hydrogens is 416 g/mol. The maximum atomic E-state index is 13.1. The minimum Gasteiger partial charge on any atom is -0.458 e. The summed E-state index contributed by atoms with van der Waals surface area (Å²) in [6.07, 6.45) is 11.7. The van der Waals surface area contributed by atoms with E-state index >= 15 is 0 Å². The van der Waals surface area contributed by atoms with E-state index in [0.717, 1.165) is 25.7 Å². The van der Waals surface area contributed by atoms with E-state index in [9.17, 15) is 14.7 Å². The molecule has 2 aliphatic heterocycles. The van der Waals surface area contributed by atoms with Crippen LogP contribution in [-0.2, 0) is 19.1 Å². The summed E-state index contributed by atoms with van der Waals surface area (Å²) in [4.78, 5) is 25.6. The molecule has 1 N–H and O–H groups in total. The first kappa shape index (κ1) is 21.8. The zero-order chi connectivity index (χ0) is 23.4. The highest BCUT2D eigenvalue weighted by Crippen LogP contribution is 2.67. The van der Waals surface area contributed by atoms with Gasteiger partial charge in [-0.05, 0) is 81.6 Å². The van der Waals surface area contributed by atoms with E-state index < -0.39 is 16.6 Å². The van der Waals surface area contributed by atoms with Crippen LogP contribution in [0.1, 0.15) is 65.7 Å². The van der Waals surface area contributed by atoms with Crippen molar-refractivity contribution >= 4 is 11.8 Å². The van der Waals surface area contributed by atoms with Gasteiger partial charge in [-0.2, -0.15) is 0 Å². The maximum Gasteiger partial charge on any atom is 0.336 e. The standard InChI is InChI=1S/C28H36O5/c1-16-24(30)33-22-14-26(16,3)32-15-18(22)20-8-7-19-17-9-13-28(31)11-5-6-23(29)27(28,4)21(17)10-12-25(19,20)2/h5-6,10,17-20,22,31H,1,7-9,11-15H2,2-4H3/t17-,18-,19-,20+,22+,25-,26+,27-,28+/m0/s1. The molecule has 0 aromatic rings. The quantitative estimate of drug-likeness (QED) is 0.365. The molecular formula is C28H36O5. The number of rotatable bonds is 1. The number of aliphatic hydroxyl groups is 1. The van der Waals surface area contributed by atoms with Crippen molar-refractivity contribution in [3.63, 3.8) is 0 Å². The van der Waals surface area contributed by atoms with E-state index in [1.807, 2.05) is 19.9 Å². The highest BCUT2D eigenvalue weighted by Gasteiger charge is 2.64. The molecule has 2 saturated carbocycles. The van der Waals surface area contributed by atoms with Gasteiger partial charge in [0.1, 0.15) is 11.7 Å². The van der Waals surface area contributed by atoms with Gasteiger partial charge < -0.3 is 14.6 Å². The first-order chi connectivity index (χ1) is 15.5. The van der Waals surface area contributed by atoms with Crippen LogP contribution in [0.4, 0.5) is 0 Å². The van der Waals surface area contributed by atoms with Gasteiger partial charge >= 0.3 is 5.97 Å². The zero-order valence-corrected chi connectivity index (χ0v) is 20.1. The molecule has 33 heavy (non-hydrogen) atoms. The lowest BCUT2D eigenvalue weighted by Gasteiger charge is -2.58. The van der Waals surface area contributed by atoms with Gasteiger partial charge in [-0.1, -0.05) is 31.2 Å². The summed E-state index contributed by atoms with van der Waals surface area (Å²) >= 11 is 0. The first-order valence-electron chi connectivity index (χ1n) is 12.7. The van der Waals surface area contributed by atoms with E-state index in [4.69, 9.17) is 9.47 Å². The molecule has 9 atom stereocenters. The van der Waals surface area contributed by atoms with Crippen LogP contribution in [0.15, 0.2) is 36.0 Å². The normalized spacial score (nSPS) is 53.0. The van der Waals surface area contributed by atoms with Gasteiger partial charge in [-0.3, -0.25) is 4.79 Å². The Bertz CT molecular complexity index is 1010. The van der Waals surface area contributed by atoms with Crippen molar-refractivity contribution in [1.29, 1.82) is 0 Å². The molecule has 0 amide bonds. The Hall–Kier alpha value is -1.72. The molecule has 0 spiro atoms. The van der Waals surface area contributed by atoms with Crippen molar-refractivity contribution in [3.8, 4) is 0 Å². The maximum absolute atomic E-state index is 13.1. The van der Waals surface area contributed by atoms with Crippen LogP contribution in [0, 0.1) is 34.5 Å². The molecule has 5 nitrogen and oxygen atoms in total. The second-order valence-electron chi connectivity index (χ2n) is 12.3. The summed E-state index contributed by atoms with van der Waals surface area (Å²) in [6, 6.07) is 0. The Morgan fingerprint density at radius 1 is 1.09 bits per heavy atom. The lowest BCUT2D eigenvalue weighted by Crippen LogP contribution is -2.60. The van der Waals surface area contributed by atoms with Gasteiger partial charge in [0.25, 0.3) is 0 Å². The van der Waals surface area contributed by atoms with Crippen molar-refractivity contribution in [3.05, 3.63) is 36.0 Å². The number of esters is 1. The summed E-state index contributed by atoms with van der Waals surface area (Å²) < 4.78 is 12.2. The Morgan fingerprint density at radius 3 is 2.64 bits per heavy atom. The van der Waals surface area contributed by atoms with Crippen molar-refractivity contribution < 1.29 is 24.2 Å². The van der Waals surface area contributed by atoms with Gasteiger partial charge in [0, 0.05) is 12.3 Å². The van der Waals surface area contributed by atoms with Crippen molar-refractivity contribution in [2.75, 3.05) is 6.61 Å². The Balaban J connectivity index is 1.33. The molecule has 6 aliphatic rings.